The fourth-order valence-electron chi connectivity index (χ4n) is 3.92. The average molecular weight is 380 g/mol. The minimum Gasteiger partial charge on any atom is -0.272 e. The van der Waals surface area contributed by atoms with Gasteiger partial charge in [0.15, 0.2) is 0 Å². The van der Waals surface area contributed by atoms with E-state index >= 15 is 0 Å². The van der Waals surface area contributed by atoms with Gasteiger partial charge in [-0.2, -0.15) is 10.2 Å². The third kappa shape index (κ3) is 3.21. The summed E-state index contributed by atoms with van der Waals surface area (Å²) in [5.74, 6) is -0.321. The van der Waals surface area contributed by atoms with Gasteiger partial charge in [0.1, 0.15) is 5.69 Å². The molecule has 1 aromatic heterocycles. The van der Waals surface area contributed by atoms with Crippen LogP contribution in [0.4, 0.5) is 0 Å². The van der Waals surface area contributed by atoms with Crippen molar-refractivity contribution in [2.75, 3.05) is 0 Å². The first-order valence-corrected chi connectivity index (χ1v) is 9.68. The van der Waals surface area contributed by atoms with Crippen molar-refractivity contribution in [3.63, 3.8) is 0 Å². The fraction of sp³-hybridized carbons (Fsp3) is 0.125. The summed E-state index contributed by atoms with van der Waals surface area (Å²) in [6, 6.07) is 20.4. The molecule has 29 heavy (non-hydrogen) atoms. The van der Waals surface area contributed by atoms with Crippen LogP contribution in [0.25, 0.3) is 22.0 Å². The second-order valence-electron chi connectivity index (χ2n) is 7.39. The van der Waals surface area contributed by atoms with E-state index in [1.165, 1.54) is 27.5 Å². The number of amides is 1. The molecule has 1 amide bonds. The van der Waals surface area contributed by atoms with Crippen molar-refractivity contribution in [3.05, 3.63) is 88.6 Å². The molecule has 0 unspecified atom stereocenters. The lowest BCUT2D eigenvalue weighted by molar-refractivity contribution is 0.0950. The van der Waals surface area contributed by atoms with Gasteiger partial charge in [0.25, 0.3) is 5.91 Å². The van der Waals surface area contributed by atoms with E-state index in [0.717, 1.165) is 29.7 Å². The lowest BCUT2D eigenvalue weighted by Crippen LogP contribution is -2.17. The van der Waals surface area contributed by atoms with Crippen molar-refractivity contribution in [3.8, 4) is 11.3 Å². The second-order valence-corrected chi connectivity index (χ2v) is 7.39. The Labute approximate surface area is 168 Å². The number of nitrogens with zero attached hydrogens (tertiary/aromatic N) is 2. The Kier molecular flexibility index (Phi) is 4.21. The number of hydrogen-bond donors (Lipinski definition) is 2. The zero-order chi connectivity index (χ0) is 19.8. The third-order valence-corrected chi connectivity index (χ3v) is 5.43. The molecule has 0 aliphatic heterocycles. The first-order valence-electron chi connectivity index (χ1n) is 9.68. The van der Waals surface area contributed by atoms with Crippen molar-refractivity contribution in [1.82, 2.24) is 15.6 Å². The van der Waals surface area contributed by atoms with Gasteiger partial charge in [-0.05, 0) is 53.3 Å². The Morgan fingerprint density at radius 2 is 1.86 bits per heavy atom. The highest BCUT2D eigenvalue weighted by Gasteiger charge is 2.18. The molecule has 0 saturated heterocycles. The van der Waals surface area contributed by atoms with Crippen LogP contribution in [0.2, 0.25) is 0 Å². The van der Waals surface area contributed by atoms with Gasteiger partial charge < -0.3 is 0 Å². The number of aryl methyl sites for hydroxylation is 3. The monoisotopic (exact) mass is 380 g/mol. The number of carbonyl (C=O) groups excluding carboxylic acids is 1. The molecule has 2 N–H and O–H groups in total. The molecule has 1 aliphatic rings. The Morgan fingerprint density at radius 1 is 1.07 bits per heavy atom. The van der Waals surface area contributed by atoms with Crippen molar-refractivity contribution < 1.29 is 4.79 Å². The van der Waals surface area contributed by atoms with Crippen molar-refractivity contribution >= 4 is 22.9 Å². The molecule has 0 bridgehead atoms. The summed E-state index contributed by atoms with van der Waals surface area (Å²) in [5.41, 5.74) is 9.60. The smallest absolute Gasteiger partial charge is 0.272 e. The number of aromatic amines is 1. The van der Waals surface area contributed by atoms with Gasteiger partial charge in [0.2, 0.25) is 0 Å². The van der Waals surface area contributed by atoms with E-state index in [-0.39, 0.29) is 5.91 Å². The Morgan fingerprint density at radius 3 is 2.69 bits per heavy atom. The summed E-state index contributed by atoms with van der Waals surface area (Å²) < 4.78 is 0. The maximum Gasteiger partial charge on any atom is 0.289 e. The van der Waals surface area contributed by atoms with Gasteiger partial charge in [-0.25, -0.2) is 5.43 Å². The lowest BCUT2D eigenvalue weighted by atomic mass is 9.98. The van der Waals surface area contributed by atoms with Crippen LogP contribution in [0.1, 0.15) is 32.7 Å². The van der Waals surface area contributed by atoms with Gasteiger partial charge >= 0.3 is 0 Å². The molecule has 1 heterocycles. The molecule has 0 spiro atoms. The minimum absolute atomic E-state index is 0.321. The highest BCUT2D eigenvalue weighted by molar-refractivity contribution is 6.02. The molecule has 0 radical (unpaired) electrons. The van der Waals surface area contributed by atoms with Crippen LogP contribution in [0.5, 0.6) is 0 Å². The van der Waals surface area contributed by atoms with E-state index in [1.54, 1.807) is 12.3 Å². The number of hydrogen-bond acceptors (Lipinski definition) is 3. The summed E-state index contributed by atoms with van der Waals surface area (Å²) in [4.78, 5) is 12.4. The Balaban J connectivity index is 1.38. The number of hydrazone groups is 1. The number of carbonyl (C=O) groups is 1. The summed E-state index contributed by atoms with van der Waals surface area (Å²) in [6.07, 6.45) is 3.80. The van der Waals surface area contributed by atoms with E-state index in [2.05, 4.69) is 51.1 Å². The Hall–Kier alpha value is -3.73. The molecule has 0 saturated carbocycles. The quantitative estimate of drug-likeness (QED) is 0.407. The predicted molar refractivity (Wildman–Crippen MR) is 115 cm³/mol. The second kappa shape index (κ2) is 7.02. The standard InChI is InChI=1S/C24H20N4O/c1-15-5-7-16(8-6-15)14-25-28-24(29)22-13-21(26-27-22)19-12-11-18-10-9-17-3-2-4-20(19)23(17)18/h2-8,11-14H,9-10H2,1H3,(H,26,27)(H,28,29). The van der Waals surface area contributed by atoms with Gasteiger partial charge in [-0.15, -0.1) is 0 Å². The maximum atomic E-state index is 12.4. The van der Waals surface area contributed by atoms with E-state index in [0.29, 0.717) is 5.69 Å². The zero-order valence-corrected chi connectivity index (χ0v) is 16.1. The van der Waals surface area contributed by atoms with Crippen LogP contribution in [0.15, 0.2) is 65.8 Å². The molecule has 3 aromatic carbocycles. The normalized spacial score (nSPS) is 12.7. The Bertz CT molecular complexity index is 1240. The first kappa shape index (κ1) is 17.4. The highest BCUT2D eigenvalue weighted by Crippen LogP contribution is 2.36. The zero-order valence-electron chi connectivity index (χ0n) is 16.1. The number of rotatable bonds is 4. The van der Waals surface area contributed by atoms with Crippen LogP contribution in [-0.2, 0) is 12.8 Å². The van der Waals surface area contributed by atoms with Crippen LogP contribution in [-0.4, -0.2) is 22.3 Å². The summed E-state index contributed by atoms with van der Waals surface area (Å²) in [7, 11) is 0. The predicted octanol–water partition coefficient (Wildman–Crippen LogP) is 4.40. The van der Waals surface area contributed by atoms with Crippen molar-refractivity contribution in [2.24, 2.45) is 5.10 Å². The number of benzene rings is 3. The van der Waals surface area contributed by atoms with E-state index in [9.17, 15) is 4.79 Å². The van der Waals surface area contributed by atoms with Gasteiger partial charge in [-0.1, -0.05) is 60.2 Å². The van der Waals surface area contributed by atoms with E-state index < -0.39 is 0 Å². The molecule has 5 rings (SSSR count). The molecular weight excluding hydrogens is 360 g/mol. The minimum atomic E-state index is -0.321. The molecule has 5 nitrogen and oxygen atoms in total. The number of aromatic nitrogens is 2. The highest BCUT2D eigenvalue weighted by atomic mass is 16.2. The van der Waals surface area contributed by atoms with Crippen LogP contribution in [0.3, 0.4) is 0 Å². The summed E-state index contributed by atoms with van der Waals surface area (Å²) in [6.45, 7) is 2.03. The molecule has 142 valence electrons. The molecule has 0 fully saturated rings. The van der Waals surface area contributed by atoms with Crippen LogP contribution >= 0.6 is 0 Å². The first-order chi connectivity index (χ1) is 14.2. The van der Waals surface area contributed by atoms with Gasteiger partial charge in [-0.3, -0.25) is 9.89 Å². The van der Waals surface area contributed by atoms with Gasteiger partial charge in [0, 0.05) is 5.56 Å². The fourth-order valence-corrected chi connectivity index (χ4v) is 3.92. The lowest BCUT2D eigenvalue weighted by Gasteiger charge is -2.06. The number of H-pyrrole nitrogens is 1. The molecule has 0 atom stereocenters. The summed E-state index contributed by atoms with van der Waals surface area (Å²) in [5, 5.41) is 13.8. The SMILES string of the molecule is Cc1ccc(C=NNC(=O)c2cc(-c3ccc4c5c(cccc35)CC4)n[nH]2)cc1. The van der Waals surface area contributed by atoms with Crippen LogP contribution < -0.4 is 5.43 Å². The molecule has 1 aliphatic carbocycles. The van der Waals surface area contributed by atoms with Crippen molar-refractivity contribution in [1.29, 1.82) is 0 Å². The molecule has 5 heteroatoms. The van der Waals surface area contributed by atoms with Gasteiger partial charge in [0.05, 0.1) is 11.9 Å². The summed E-state index contributed by atoms with van der Waals surface area (Å²) >= 11 is 0. The molecule has 4 aromatic rings. The molecular formula is C24H20N4O. The third-order valence-electron chi connectivity index (χ3n) is 5.43. The average Bonchev–Trinajstić information content (AvgIpc) is 3.39. The van der Waals surface area contributed by atoms with Crippen molar-refractivity contribution in [2.45, 2.75) is 19.8 Å². The topological polar surface area (TPSA) is 70.1 Å². The van der Waals surface area contributed by atoms with E-state index in [1.807, 2.05) is 31.2 Å². The van der Waals surface area contributed by atoms with E-state index in [4.69, 9.17) is 0 Å². The van der Waals surface area contributed by atoms with Crippen LogP contribution in [0, 0.1) is 6.92 Å². The largest absolute Gasteiger partial charge is 0.289 e. The maximum absolute atomic E-state index is 12.4. The number of nitrogens with one attached hydrogen (secondary N) is 2.